The van der Waals surface area contributed by atoms with Gasteiger partial charge in [0.15, 0.2) is 9.84 Å². The first-order valence-electron chi connectivity index (χ1n) is 7.84. The number of hydrogen-bond acceptors (Lipinski definition) is 4. The Morgan fingerprint density at radius 2 is 1.77 bits per heavy atom. The molecule has 2 rings (SSSR count). The normalized spacial score (nSPS) is 12.3. The lowest BCUT2D eigenvalue weighted by Crippen LogP contribution is -2.37. The van der Waals surface area contributed by atoms with Crippen LogP contribution in [0.15, 0.2) is 53.4 Å². The van der Waals surface area contributed by atoms with Gasteiger partial charge in [0.2, 0.25) is 5.91 Å². The van der Waals surface area contributed by atoms with E-state index in [2.05, 4.69) is 10.6 Å². The van der Waals surface area contributed by atoms with Gasteiger partial charge in [-0.05, 0) is 48.9 Å². The lowest BCUT2D eigenvalue weighted by molar-refractivity contribution is -0.120. The first kappa shape index (κ1) is 19.6. The summed E-state index contributed by atoms with van der Waals surface area (Å²) in [4.78, 5) is 23.7. The van der Waals surface area contributed by atoms with E-state index >= 15 is 0 Å². The quantitative estimate of drug-likeness (QED) is 0.748. The van der Waals surface area contributed by atoms with Crippen LogP contribution in [0.2, 0.25) is 0 Å². The fourth-order valence-electron chi connectivity index (χ4n) is 2.27. The maximum atomic E-state index is 13.0. The zero-order valence-electron chi connectivity index (χ0n) is 14.3. The van der Waals surface area contributed by atoms with Crippen molar-refractivity contribution in [2.45, 2.75) is 23.6 Å². The standard InChI is InChI=1S/C18H19FN2O4S/c1-12(26(24,25)16-8-6-15(19)7-9-16)17(22)21-11-13-4-3-5-14(10-13)18(23)20-2/h3-10,12H,11H2,1-2H3,(H,20,23)(H,21,22)/t12-/m1/s1. The van der Waals surface area contributed by atoms with Crippen molar-refractivity contribution in [1.29, 1.82) is 0 Å². The molecule has 2 aromatic rings. The molecule has 0 saturated carbocycles. The van der Waals surface area contributed by atoms with Crippen LogP contribution in [0.25, 0.3) is 0 Å². The van der Waals surface area contributed by atoms with Crippen LogP contribution in [-0.4, -0.2) is 32.5 Å². The first-order valence-corrected chi connectivity index (χ1v) is 9.38. The minimum atomic E-state index is -3.93. The lowest BCUT2D eigenvalue weighted by atomic mass is 10.1. The summed E-state index contributed by atoms with van der Waals surface area (Å²) in [7, 11) is -2.42. The summed E-state index contributed by atoms with van der Waals surface area (Å²) in [5, 5.41) is 3.71. The van der Waals surface area contributed by atoms with E-state index in [4.69, 9.17) is 0 Å². The molecule has 8 heteroatoms. The Hall–Kier alpha value is -2.74. The number of sulfone groups is 1. The molecule has 138 valence electrons. The van der Waals surface area contributed by atoms with Gasteiger partial charge in [0.25, 0.3) is 5.91 Å². The summed E-state index contributed by atoms with van der Waals surface area (Å²) in [5.41, 5.74) is 1.09. The largest absolute Gasteiger partial charge is 0.355 e. The van der Waals surface area contributed by atoms with Crippen LogP contribution in [0.5, 0.6) is 0 Å². The first-order chi connectivity index (χ1) is 12.3. The molecule has 0 aliphatic carbocycles. The Bertz CT molecular complexity index is 911. The van der Waals surface area contributed by atoms with Gasteiger partial charge in [-0.3, -0.25) is 9.59 Å². The second kappa shape index (κ2) is 8.09. The number of carbonyl (C=O) groups is 2. The summed E-state index contributed by atoms with van der Waals surface area (Å²) >= 11 is 0. The Balaban J connectivity index is 2.07. The molecule has 0 aliphatic heterocycles. The third-order valence-corrected chi connectivity index (χ3v) is 5.93. The Labute approximate surface area is 151 Å². The van der Waals surface area contributed by atoms with Crippen LogP contribution in [0.1, 0.15) is 22.8 Å². The van der Waals surface area contributed by atoms with E-state index in [-0.39, 0.29) is 17.3 Å². The van der Waals surface area contributed by atoms with Crippen LogP contribution >= 0.6 is 0 Å². The van der Waals surface area contributed by atoms with Crippen molar-refractivity contribution < 1.29 is 22.4 Å². The minimum Gasteiger partial charge on any atom is -0.355 e. The highest BCUT2D eigenvalue weighted by atomic mass is 32.2. The van der Waals surface area contributed by atoms with E-state index in [1.807, 2.05) is 0 Å². The van der Waals surface area contributed by atoms with Gasteiger partial charge < -0.3 is 10.6 Å². The number of rotatable bonds is 6. The van der Waals surface area contributed by atoms with Crippen molar-refractivity contribution in [3.63, 3.8) is 0 Å². The van der Waals surface area contributed by atoms with Crippen LogP contribution in [0, 0.1) is 5.82 Å². The second-order valence-electron chi connectivity index (χ2n) is 5.64. The number of hydrogen-bond donors (Lipinski definition) is 2. The van der Waals surface area contributed by atoms with Gasteiger partial charge in [0.05, 0.1) is 4.90 Å². The van der Waals surface area contributed by atoms with Gasteiger partial charge >= 0.3 is 0 Å². The number of nitrogens with one attached hydrogen (secondary N) is 2. The van der Waals surface area contributed by atoms with Gasteiger partial charge in [0.1, 0.15) is 11.1 Å². The van der Waals surface area contributed by atoms with Gasteiger partial charge in [-0.25, -0.2) is 12.8 Å². The molecule has 1 atom stereocenters. The van der Waals surface area contributed by atoms with E-state index < -0.39 is 26.8 Å². The Kier molecular flexibility index (Phi) is 6.10. The molecule has 0 spiro atoms. The minimum absolute atomic E-state index is 0.0763. The molecule has 0 aliphatic rings. The number of amides is 2. The predicted octanol–water partition coefficient (Wildman–Crippen LogP) is 1.66. The number of benzene rings is 2. The second-order valence-corrected chi connectivity index (χ2v) is 7.91. The van der Waals surface area contributed by atoms with Crippen LogP contribution in [-0.2, 0) is 21.2 Å². The van der Waals surface area contributed by atoms with Gasteiger partial charge in [-0.2, -0.15) is 0 Å². The third-order valence-electron chi connectivity index (χ3n) is 3.86. The van der Waals surface area contributed by atoms with Gasteiger partial charge in [-0.15, -0.1) is 0 Å². The van der Waals surface area contributed by atoms with Gasteiger partial charge in [0, 0.05) is 19.2 Å². The highest BCUT2D eigenvalue weighted by Crippen LogP contribution is 2.17. The molecule has 2 amide bonds. The molecule has 0 heterocycles. The van der Waals surface area contributed by atoms with Crippen molar-refractivity contribution >= 4 is 21.7 Å². The Morgan fingerprint density at radius 3 is 2.38 bits per heavy atom. The fourth-order valence-corrected chi connectivity index (χ4v) is 3.56. The highest BCUT2D eigenvalue weighted by molar-refractivity contribution is 7.92. The topological polar surface area (TPSA) is 92.3 Å². The summed E-state index contributed by atoms with van der Waals surface area (Å²) in [6.07, 6.45) is 0. The van der Waals surface area contributed by atoms with E-state index in [9.17, 15) is 22.4 Å². The number of halogens is 1. The van der Waals surface area contributed by atoms with Crippen molar-refractivity contribution in [2.75, 3.05) is 7.05 Å². The van der Waals surface area contributed by atoms with Crippen molar-refractivity contribution in [3.05, 3.63) is 65.5 Å². The van der Waals surface area contributed by atoms with E-state index in [0.717, 1.165) is 24.3 Å². The van der Waals surface area contributed by atoms with E-state index in [1.165, 1.54) is 14.0 Å². The fraction of sp³-hybridized carbons (Fsp3) is 0.222. The van der Waals surface area contributed by atoms with Crippen molar-refractivity contribution in [3.8, 4) is 0 Å². The van der Waals surface area contributed by atoms with Crippen LogP contribution in [0.4, 0.5) is 4.39 Å². The molecule has 26 heavy (non-hydrogen) atoms. The highest BCUT2D eigenvalue weighted by Gasteiger charge is 2.29. The molecular weight excluding hydrogens is 359 g/mol. The van der Waals surface area contributed by atoms with E-state index in [1.54, 1.807) is 24.3 Å². The molecule has 0 bridgehead atoms. The molecule has 0 saturated heterocycles. The average Bonchev–Trinajstić information content (AvgIpc) is 2.65. The van der Waals surface area contributed by atoms with Crippen molar-refractivity contribution in [1.82, 2.24) is 10.6 Å². The molecule has 2 aromatic carbocycles. The summed E-state index contributed by atoms with van der Waals surface area (Å²) < 4.78 is 37.8. The molecule has 0 unspecified atom stereocenters. The average molecular weight is 378 g/mol. The predicted molar refractivity (Wildman–Crippen MR) is 94.7 cm³/mol. The van der Waals surface area contributed by atoms with Crippen LogP contribution in [0.3, 0.4) is 0 Å². The van der Waals surface area contributed by atoms with Crippen LogP contribution < -0.4 is 10.6 Å². The monoisotopic (exact) mass is 378 g/mol. The SMILES string of the molecule is CNC(=O)c1cccc(CNC(=O)[C@@H](C)S(=O)(=O)c2ccc(F)cc2)c1. The molecule has 0 fully saturated rings. The van der Waals surface area contributed by atoms with Gasteiger partial charge in [-0.1, -0.05) is 12.1 Å². The smallest absolute Gasteiger partial charge is 0.251 e. The number of carbonyl (C=O) groups excluding carboxylic acids is 2. The maximum Gasteiger partial charge on any atom is 0.251 e. The summed E-state index contributed by atoms with van der Waals surface area (Å²) in [6, 6.07) is 10.9. The third kappa shape index (κ3) is 4.45. The Morgan fingerprint density at radius 1 is 1.12 bits per heavy atom. The molecule has 6 nitrogen and oxygen atoms in total. The van der Waals surface area contributed by atoms with E-state index in [0.29, 0.717) is 11.1 Å². The molecular formula is C18H19FN2O4S. The zero-order valence-corrected chi connectivity index (χ0v) is 15.1. The maximum absolute atomic E-state index is 13.0. The summed E-state index contributed by atoms with van der Waals surface area (Å²) in [6.45, 7) is 1.35. The molecule has 0 aromatic heterocycles. The summed E-state index contributed by atoms with van der Waals surface area (Å²) in [5.74, 6) is -1.50. The molecule has 2 N–H and O–H groups in total. The lowest BCUT2D eigenvalue weighted by Gasteiger charge is -2.14. The zero-order chi connectivity index (χ0) is 19.3. The van der Waals surface area contributed by atoms with Crippen molar-refractivity contribution in [2.24, 2.45) is 0 Å². The molecule has 0 radical (unpaired) electrons.